The van der Waals surface area contributed by atoms with Crippen LogP contribution in [0.15, 0.2) is 59.9 Å². The van der Waals surface area contributed by atoms with E-state index in [0.717, 1.165) is 62.3 Å². The maximum Gasteiger partial charge on any atom is 0.223 e. The zero-order valence-corrected chi connectivity index (χ0v) is 20.4. The highest BCUT2D eigenvalue weighted by atomic mass is 32.2. The van der Waals surface area contributed by atoms with Crippen LogP contribution in [0.25, 0.3) is 21.1 Å². The van der Waals surface area contributed by atoms with Crippen molar-refractivity contribution in [1.29, 1.82) is 0 Å². The summed E-state index contributed by atoms with van der Waals surface area (Å²) >= 11 is 2.89. The third-order valence-electron chi connectivity index (χ3n) is 6.45. The number of carbonyl (C=O) groups excluding carboxylic acids is 1. The van der Waals surface area contributed by atoms with E-state index in [4.69, 9.17) is 5.14 Å². The molecule has 176 valence electrons. The number of hydrogen-bond donors (Lipinski definition) is 4. The second-order valence-corrected chi connectivity index (χ2v) is 10.4. The highest BCUT2D eigenvalue weighted by Crippen LogP contribution is 2.40. The molecule has 0 saturated carbocycles. The van der Waals surface area contributed by atoms with E-state index in [1.165, 1.54) is 22.4 Å². The Kier molecular flexibility index (Phi) is 5.85. The number of aryl methyl sites for hydroxylation is 1. The van der Waals surface area contributed by atoms with E-state index in [9.17, 15) is 4.79 Å². The van der Waals surface area contributed by atoms with Gasteiger partial charge in [-0.1, -0.05) is 12.1 Å². The van der Waals surface area contributed by atoms with Crippen molar-refractivity contribution in [2.45, 2.75) is 30.7 Å². The van der Waals surface area contributed by atoms with Crippen LogP contribution in [0.3, 0.4) is 0 Å². The van der Waals surface area contributed by atoms with Crippen LogP contribution in [-0.2, 0) is 24.2 Å². The molecule has 6 rings (SSSR count). The molecule has 1 amide bonds. The maximum atomic E-state index is 12.9. The largest absolute Gasteiger partial charge is 0.352 e. The van der Waals surface area contributed by atoms with Gasteiger partial charge in [0.25, 0.3) is 0 Å². The van der Waals surface area contributed by atoms with Crippen LogP contribution in [-0.4, -0.2) is 26.1 Å². The predicted octanol–water partition coefficient (Wildman–Crippen LogP) is 4.70. The van der Waals surface area contributed by atoms with Crippen molar-refractivity contribution in [1.82, 2.24) is 25.5 Å². The molecular formula is C25H23N7OS2. The number of thiophene rings is 1. The van der Waals surface area contributed by atoms with E-state index in [1.807, 2.05) is 48.7 Å². The number of H-pyrrole nitrogens is 1. The summed E-state index contributed by atoms with van der Waals surface area (Å²) in [6, 6.07) is 14.0. The molecule has 0 saturated heterocycles. The summed E-state index contributed by atoms with van der Waals surface area (Å²) in [6.07, 6.45) is 5.77. The third kappa shape index (κ3) is 4.36. The fourth-order valence-electron chi connectivity index (χ4n) is 4.61. The van der Waals surface area contributed by atoms with Gasteiger partial charge in [0.2, 0.25) is 5.91 Å². The first-order chi connectivity index (χ1) is 17.2. The average molecular weight is 502 g/mol. The SMILES string of the molecule is NSc1ccc(CNC(=O)C2CCc3c(sc4ncnc(Nc5ccc6[nH]ncc6c5)c34)C2)cc1. The maximum absolute atomic E-state index is 12.9. The smallest absolute Gasteiger partial charge is 0.223 e. The van der Waals surface area contributed by atoms with Gasteiger partial charge >= 0.3 is 0 Å². The number of aromatic amines is 1. The summed E-state index contributed by atoms with van der Waals surface area (Å²) in [7, 11) is 0. The van der Waals surface area contributed by atoms with Crippen LogP contribution in [0.1, 0.15) is 22.4 Å². The van der Waals surface area contributed by atoms with Crippen molar-refractivity contribution in [2.24, 2.45) is 11.1 Å². The van der Waals surface area contributed by atoms with E-state index < -0.39 is 0 Å². The van der Waals surface area contributed by atoms with Gasteiger partial charge in [-0.25, -0.2) is 9.97 Å². The van der Waals surface area contributed by atoms with Crippen molar-refractivity contribution in [3.8, 4) is 0 Å². The summed E-state index contributed by atoms with van der Waals surface area (Å²) in [5, 5.41) is 21.3. The fraction of sp³-hybridized carbons (Fsp3) is 0.200. The number of carbonyl (C=O) groups is 1. The molecule has 1 atom stereocenters. The first-order valence-corrected chi connectivity index (χ1v) is 13.1. The molecular weight excluding hydrogens is 478 g/mol. The van der Waals surface area contributed by atoms with Gasteiger partial charge in [0.05, 0.1) is 17.1 Å². The van der Waals surface area contributed by atoms with Gasteiger partial charge in [-0.05, 0) is 72.7 Å². The van der Waals surface area contributed by atoms with E-state index in [-0.39, 0.29) is 11.8 Å². The molecule has 0 radical (unpaired) electrons. The van der Waals surface area contributed by atoms with Crippen LogP contribution < -0.4 is 15.8 Å². The lowest BCUT2D eigenvalue weighted by Crippen LogP contribution is -2.33. The zero-order chi connectivity index (χ0) is 23.8. The highest BCUT2D eigenvalue weighted by molar-refractivity contribution is 7.97. The molecule has 3 aromatic heterocycles. The molecule has 5 aromatic rings. The first kappa shape index (κ1) is 22.0. The van der Waals surface area contributed by atoms with Crippen LogP contribution in [0.4, 0.5) is 11.5 Å². The molecule has 3 heterocycles. The normalized spacial score (nSPS) is 15.3. The van der Waals surface area contributed by atoms with Gasteiger partial charge < -0.3 is 10.6 Å². The highest BCUT2D eigenvalue weighted by Gasteiger charge is 2.29. The number of benzene rings is 2. The number of rotatable bonds is 6. The minimum absolute atomic E-state index is 0.0395. The average Bonchev–Trinajstić information content (AvgIpc) is 3.51. The second kappa shape index (κ2) is 9.29. The molecule has 2 aromatic carbocycles. The van der Waals surface area contributed by atoms with Crippen LogP contribution in [0.5, 0.6) is 0 Å². The minimum Gasteiger partial charge on any atom is -0.352 e. The number of amides is 1. The lowest BCUT2D eigenvalue weighted by Gasteiger charge is -2.22. The summed E-state index contributed by atoms with van der Waals surface area (Å²) in [4.78, 5) is 25.2. The monoisotopic (exact) mass is 501 g/mol. The number of nitrogens with one attached hydrogen (secondary N) is 3. The lowest BCUT2D eigenvalue weighted by molar-refractivity contribution is -0.125. The molecule has 10 heteroatoms. The van der Waals surface area contributed by atoms with Gasteiger partial charge in [-0.2, -0.15) is 5.10 Å². The van der Waals surface area contributed by atoms with Crippen molar-refractivity contribution in [3.05, 3.63) is 71.0 Å². The Morgan fingerprint density at radius 1 is 1.20 bits per heavy atom. The summed E-state index contributed by atoms with van der Waals surface area (Å²) in [5.74, 6) is 0.864. The number of fused-ring (bicyclic) bond motifs is 4. The Bertz CT molecular complexity index is 1530. The Labute approximate surface area is 209 Å². The van der Waals surface area contributed by atoms with E-state index in [0.29, 0.717) is 6.54 Å². The van der Waals surface area contributed by atoms with Crippen molar-refractivity contribution in [3.63, 3.8) is 0 Å². The molecule has 0 bridgehead atoms. The van der Waals surface area contributed by atoms with Gasteiger partial charge in [0, 0.05) is 33.3 Å². The predicted molar refractivity (Wildman–Crippen MR) is 141 cm³/mol. The first-order valence-electron chi connectivity index (χ1n) is 11.4. The molecule has 5 N–H and O–H groups in total. The van der Waals surface area contributed by atoms with Crippen LogP contribution >= 0.6 is 23.3 Å². The second-order valence-electron chi connectivity index (χ2n) is 8.62. The molecule has 0 fully saturated rings. The van der Waals surface area contributed by atoms with Gasteiger partial charge in [0.1, 0.15) is 17.0 Å². The fourth-order valence-corrected chi connectivity index (χ4v) is 6.17. The van der Waals surface area contributed by atoms with Crippen molar-refractivity contribution >= 4 is 61.8 Å². The lowest BCUT2D eigenvalue weighted by atomic mass is 9.87. The Morgan fingerprint density at radius 3 is 2.94 bits per heavy atom. The van der Waals surface area contributed by atoms with E-state index in [1.54, 1.807) is 17.7 Å². The number of anilines is 2. The standard InChI is InChI=1S/C25H23N7OS2/c26-35-18-5-1-14(2-6-18)11-27-24(33)15-3-7-19-21(10-15)34-25-22(19)23(28-13-29-25)31-17-4-8-20-16(9-17)12-30-32-20/h1-2,4-6,8-9,12-13,15H,3,7,10-11,26H2,(H,27,33)(H,30,32)(H,28,29,31). The van der Waals surface area contributed by atoms with Crippen molar-refractivity contribution < 1.29 is 4.79 Å². The van der Waals surface area contributed by atoms with Crippen LogP contribution in [0.2, 0.25) is 0 Å². The molecule has 1 aliphatic rings. The summed E-state index contributed by atoms with van der Waals surface area (Å²) in [5.41, 5.74) is 4.27. The Balaban J connectivity index is 1.19. The van der Waals surface area contributed by atoms with Gasteiger partial charge in [0.15, 0.2) is 0 Å². The molecule has 8 nitrogen and oxygen atoms in total. The summed E-state index contributed by atoms with van der Waals surface area (Å²) < 4.78 is 0. The molecule has 0 spiro atoms. The molecule has 1 aliphatic carbocycles. The Hall–Kier alpha value is -3.47. The molecule has 0 aliphatic heterocycles. The number of hydrogen-bond acceptors (Lipinski definition) is 8. The van der Waals surface area contributed by atoms with E-state index in [2.05, 4.69) is 30.8 Å². The number of nitrogens with zero attached hydrogens (tertiary/aromatic N) is 3. The minimum atomic E-state index is -0.0395. The van der Waals surface area contributed by atoms with Crippen molar-refractivity contribution in [2.75, 3.05) is 5.32 Å². The van der Waals surface area contributed by atoms with Gasteiger partial charge in [-0.15, -0.1) is 11.3 Å². The quantitative estimate of drug-likeness (QED) is 0.249. The number of nitrogens with two attached hydrogens (primary N) is 1. The summed E-state index contributed by atoms with van der Waals surface area (Å²) in [6.45, 7) is 0.519. The molecule has 35 heavy (non-hydrogen) atoms. The molecule has 1 unspecified atom stereocenters. The van der Waals surface area contributed by atoms with E-state index >= 15 is 0 Å². The number of aromatic nitrogens is 4. The Morgan fingerprint density at radius 2 is 2.09 bits per heavy atom. The topological polar surface area (TPSA) is 122 Å². The third-order valence-corrected chi connectivity index (χ3v) is 8.15. The van der Waals surface area contributed by atoms with Crippen LogP contribution in [0, 0.1) is 5.92 Å². The van der Waals surface area contributed by atoms with Gasteiger partial charge in [-0.3, -0.25) is 15.0 Å². The zero-order valence-electron chi connectivity index (χ0n) is 18.7.